The summed E-state index contributed by atoms with van der Waals surface area (Å²) in [7, 11) is 1.71. The molecule has 2 aromatic rings. The fourth-order valence-corrected chi connectivity index (χ4v) is 2.76. The number of nitrogens with zero attached hydrogens (tertiary/aromatic N) is 1. The van der Waals surface area contributed by atoms with E-state index in [4.69, 9.17) is 10.5 Å². The molecule has 0 aliphatic carbocycles. The van der Waals surface area contributed by atoms with E-state index in [0.717, 1.165) is 30.9 Å². The minimum Gasteiger partial charge on any atom is -0.496 e. The zero-order chi connectivity index (χ0) is 13.2. The van der Waals surface area contributed by atoms with Crippen molar-refractivity contribution in [2.75, 3.05) is 24.3 Å². The van der Waals surface area contributed by atoms with Gasteiger partial charge in [0.2, 0.25) is 0 Å². The van der Waals surface area contributed by atoms with Crippen LogP contribution in [0, 0.1) is 0 Å². The Bertz CT molecular complexity index is 595. The van der Waals surface area contributed by atoms with Crippen molar-refractivity contribution in [3.05, 3.63) is 53.6 Å². The van der Waals surface area contributed by atoms with E-state index in [9.17, 15) is 0 Å². The smallest absolute Gasteiger partial charge is 0.123 e. The molecule has 1 heterocycles. The Labute approximate surface area is 113 Å². The van der Waals surface area contributed by atoms with Crippen LogP contribution >= 0.6 is 0 Å². The van der Waals surface area contributed by atoms with Gasteiger partial charge in [-0.05, 0) is 24.1 Å². The van der Waals surface area contributed by atoms with Crippen LogP contribution in [-0.2, 0) is 13.0 Å². The number of para-hydroxylation sites is 2. The average molecular weight is 254 g/mol. The molecule has 0 radical (unpaired) electrons. The molecule has 1 aliphatic rings. The number of hydrogen-bond donors (Lipinski definition) is 1. The quantitative estimate of drug-likeness (QED) is 0.856. The highest BCUT2D eigenvalue weighted by Gasteiger charge is 2.22. The standard InChI is InChI=1S/C16H18N2O/c1-19-15-8-3-2-5-13(15)11-18-10-9-12-6-4-7-14(17)16(12)18/h2-8H,9-11,17H2,1H3. The number of anilines is 2. The molecule has 19 heavy (non-hydrogen) atoms. The Kier molecular flexibility index (Phi) is 3.03. The first-order valence-electron chi connectivity index (χ1n) is 6.54. The Morgan fingerprint density at radius 1 is 1.16 bits per heavy atom. The van der Waals surface area contributed by atoms with Crippen LogP contribution in [-0.4, -0.2) is 13.7 Å². The van der Waals surface area contributed by atoms with Crippen molar-refractivity contribution in [2.45, 2.75) is 13.0 Å². The molecule has 98 valence electrons. The molecule has 3 rings (SSSR count). The molecule has 0 spiro atoms. The van der Waals surface area contributed by atoms with Crippen molar-refractivity contribution in [2.24, 2.45) is 0 Å². The number of benzene rings is 2. The first-order valence-corrected chi connectivity index (χ1v) is 6.54. The largest absolute Gasteiger partial charge is 0.496 e. The summed E-state index contributed by atoms with van der Waals surface area (Å²) < 4.78 is 5.42. The highest BCUT2D eigenvalue weighted by molar-refractivity contribution is 5.74. The number of hydrogen-bond acceptors (Lipinski definition) is 3. The third-order valence-corrected chi connectivity index (χ3v) is 3.67. The molecule has 0 bridgehead atoms. The molecule has 0 fully saturated rings. The van der Waals surface area contributed by atoms with Gasteiger partial charge in [0.15, 0.2) is 0 Å². The van der Waals surface area contributed by atoms with Crippen molar-refractivity contribution in [1.82, 2.24) is 0 Å². The lowest BCUT2D eigenvalue weighted by Crippen LogP contribution is -2.21. The molecule has 2 N–H and O–H groups in total. The molecule has 3 nitrogen and oxygen atoms in total. The van der Waals surface area contributed by atoms with E-state index >= 15 is 0 Å². The maximum absolute atomic E-state index is 6.11. The molecule has 0 atom stereocenters. The fourth-order valence-electron chi connectivity index (χ4n) is 2.76. The predicted octanol–water partition coefficient (Wildman–Crippen LogP) is 2.84. The van der Waals surface area contributed by atoms with Crippen molar-refractivity contribution in [3.8, 4) is 5.75 Å². The number of methoxy groups -OCH3 is 1. The topological polar surface area (TPSA) is 38.5 Å². The number of rotatable bonds is 3. The monoisotopic (exact) mass is 254 g/mol. The summed E-state index contributed by atoms with van der Waals surface area (Å²) in [5.74, 6) is 0.936. The predicted molar refractivity (Wildman–Crippen MR) is 78.6 cm³/mol. The summed E-state index contributed by atoms with van der Waals surface area (Å²) in [5, 5.41) is 0. The van der Waals surface area contributed by atoms with Crippen LogP contribution in [0.15, 0.2) is 42.5 Å². The molecule has 0 saturated heterocycles. The van der Waals surface area contributed by atoms with Crippen LogP contribution in [0.3, 0.4) is 0 Å². The van der Waals surface area contributed by atoms with Crippen molar-refractivity contribution in [3.63, 3.8) is 0 Å². The van der Waals surface area contributed by atoms with E-state index in [1.165, 1.54) is 16.8 Å². The second kappa shape index (κ2) is 4.84. The highest BCUT2D eigenvalue weighted by Crippen LogP contribution is 2.35. The summed E-state index contributed by atoms with van der Waals surface area (Å²) in [6.45, 7) is 1.85. The summed E-state index contributed by atoms with van der Waals surface area (Å²) in [6, 6.07) is 14.3. The second-order valence-electron chi connectivity index (χ2n) is 4.84. The van der Waals surface area contributed by atoms with Crippen LogP contribution < -0.4 is 15.4 Å². The zero-order valence-corrected chi connectivity index (χ0v) is 11.1. The molecular formula is C16H18N2O. The number of fused-ring (bicyclic) bond motifs is 1. The van der Waals surface area contributed by atoms with E-state index < -0.39 is 0 Å². The Morgan fingerprint density at radius 2 is 2.00 bits per heavy atom. The first-order chi connectivity index (χ1) is 9.29. The Balaban J connectivity index is 1.91. The van der Waals surface area contributed by atoms with Gasteiger partial charge >= 0.3 is 0 Å². The van der Waals surface area contributed by atoms with Gasteiger partial charge < -0.3 is 15.4 Å². The van der Waals surface area contributed by atoms with Gasteiger partial charge in [-0.1, -0.05) is 30.3 Å². The van der Waals surface area contributed by atoms with Gasteiger partial charge in [-0.2, -0.15) is 0 Å². The van der Waals surface area contributed by atoms with Crippen LogP contribution in [0.4, 0.5) is 11.4 Å². The van der Waals surface area contributed by atoms with E-state index in [0.29, 0.717) is 0 Å². The van der Waals surface area contributed by atoms with Gasteiger partial charge in [0.05, 0.1) is 18.5 Å². The summed E-state index contributed by atoms with van der Waals surface area (Å²) in [5.41, 5.74) is 10.7. The summed E-state index contributed by atoms with van der Waals surface area (Å²) >= 11 is 0. The van der Waals surface area contributed by atoms with E-state index in [2.05, 4.69) is 17.0 Å². The number of nitrogens with two attached hydrogens (primary N) is 1. The van der Waals surface area contributed by atoms with E-state index in [-0.39, 0.29) is 0 Å². The molecule has 0 aromatic heterocycles. The highest BCUT2D eigenvalue weighted by atomic mass is 16.5. The Morgan fingerprint density at radius 3 is 2.84 bits per heavy atom. The maximum Gasteiger partial charge on any atom is 0.123 e. The third-order valence-electron chi connectivity index (χ3n) is 3.67. The first kappa shape index (κ1) is 11.9. The average Bonchev–Trinajstić information content (AvgIpc) is 2.84. The lowest BCUT2D eigenvalue weighted by Gasteiger charge is -2.22. The van der Waals surface area contributed by atoms with Crippen molar-refractivity contribution < 1.29 is 4.74 Å². The van der Waals surface area contributed by atoms with Gasteiger partial charge in [0.1, 0.15) is 5.75 Å². The SMILES string of the molecule is COc1ccccc1CN1CCc2cccc(N)c21. The molecule has 0 amide bonds. The van der Waals surface area contributed by atoms with Gasteiger partial charge in [-0.3, -0.25) is 0 Å². The molecular weight excluding hydrogens is 236 g/mol. The van der Waals surface area contributed by atoms with Crippen LogP contribution in [0.5, 0.6) is 5.75 Å². The van der Waals surface area contributed by atoms with Crippen LogP contribution in [0.25, 0.3) is 0 Å². The minimum absolute atomic E-state index is 0.839. The second-order valence-corrected chi connectivity index (χ2v) is 4.84. The van der Waals surface area contributed by atoms with Crippen molar-refractivity contribution in [1.29, 1.82) is 0 Å². The van der Waals surface area contributed by atoms with Crippen LogP contribution in [0.1, 0.15) is 11.1 Å². The minimum atomic E-state index is 0.839. The number of nitrogen functional groups attached to an aromatic ring is 1. The molecule has 1 aliphatic heterocycles. The normalized spacial score (nSPS) is 13.4. The zero-order valence-electron chi connectivity index (χ0n) is 11.1. The van der Waals surface area contributed by atoms with E-state index in [1.54, 1.807) is 7.11 Å². The Hall–Kier alpha value is -2.16. The maximum atomic E-state index is 6.11. The summed E-state index contributed by atoms with van der Waals surface area (Å²) in [6.07, 6.45) is 1.07. The lowest BCUT2D eigenvalue weighted by atomic mass is 10.1. The van der Waals surface area contributed by atoms with Gasteiger partial charge in [-0.25, -0.2) is 0 Å². The third kappa shape index (κ3) is 2.12. The number of ether oxygens (including phenoxy) is 1. The molecule has 2 aromatic carbocycles. The lowest BCUT2D eigenvalue weighted by molar-refractivity contribution is 0.409. The van der Waals surface area contributed by atoms with E-state index in [1.807, 2.05) is 30.3 Å². The molecule has 3 heteroatoms. The summed E-state index contributed by atoms with van der Waals surface area (Å²) in [4.78, 5) is 2.34. The van der Waals surface area contributed by atoms with Gasteiger partial charge in [0, 0.05) is 18.7 Å². The van der Waals surface area contributed by atoms with Gasteiger partial charge in [0.25, 0.3) is 0 Å². The molecule has 0 unspecified atom stereocenters. The van der Waals surface area contributed by atoms with Gasteiger partial charge in [-0.15, -0.1) is 0 Å². The fraction of sp³-hybridized carbons (Fsp3) is 0.250. The van der Waals surface area contributed by atoms with Crippen molar-refractivity contribution >= 4 is 11.4 Å². The van der Waals surface area contributed by atoms with Crippen LogP contribution in [0.2, 0.25) is 0 Å². The molecule has 0 saturated carbocycles.